The Labute approximate surface area is 172 Å². The topological polar surface area (TPSA) is 105 Å². The summed E-state index contributed by atoms with van der Waals surface area (Å²) in [5, 5.41) is 12.6. The second kappa shape index (κ2) is 10.7. The number of phenolic OH excluding ortho intramolecular Hbond substituents is 1. The third kappa shape index (κ3) is 6.67. The molecule has 0 heterocycles. The summed E-state index contributed by atoms with van der Waals surface area (Å²) in [6.07, 6.45) is 5.38. The molecule has 0 bridgehead atoms. The Balaban J connectivity index is 2.09. The molecule has 8 heteroatoms. The molecule has 0 saturated heterocycles. The zero-order valence-corrected chi connectivity index (χ0v) is 17.6. The summed E-state index contributed by atoms with van der Waals surface area (Å²) in [6, 6.07) is 10.4. The van der Waals surface area contributed by atoms with Crippen LogP contribution in [0.25, 0.3) is 0 Å². The number of amides is 1. The maximum Gasteiger partial charge on any atom is 0.262 e. The fourth-order valence-electron chi connectivity index (χ4n) is 2.82. The van der Waals surface area contributed by atoms with Crippen molar-refractivity contribution >= 4 is 27.3 Å². The van der Waals surface area contributed by atoms with Crippen LogP contribution < -0.4 is 14.8 Å². The molecule has 29 heavy (non-hydrogen) atoms. The van der Waals surface area contributed by atoms with Gasteiger partial charge in [0.15, 0.2) is 0 Å². The first-order valence-corrected chi connectivity index (χ1v) is 11.1. The number of rotatable bonds is 11. The number of carbonyl (C=O) groups is 1. The number of methoxy groups -OCH3 is 1. The van der Waals surface area contributed by atoms with E-state index in [1.54, 1.807) is 24.3 Å². The average molecular weight is 421 g/mol. The van der Waals surface area contributed by atoms with Gasteiger partial charge >= 0.3 is 0 Å². The van der Waals surface area contributed by atoms with Gasteiger partial charge in [-0.3, -0.25) is 9.52 Å². The van der Waals surface area contributed by atoms with Gasteiger partial charge in [-0.1, -0.05) is 44.7 Å². The van der Waals surface area contributed by atoms with Crippen LogP contribution in [-0.2, 0) is 14.8 Å². The monoisotopic (exact) mass is 420 g/mol. The molecule has 0 saturated carbocycles. The molecule has 0 atom stereocenters. The summed E-state index contributed by atoms with van der Waals surface area (Å²) in [4.78, 5) is 12.0. The highest BCUT2D eigenvalue weighted by molar-refractivity contribution is 7.92. The zero-order valence-electron chi connectivity index (χ0n) is 16.8. The summed E-state index contributed by atoms with van der Waals surface area (Å²) in [5.41, 5.74) is 0.354. The van der Waals surface area contributed by atoms with Crippen LogP contribution in [0.15, 0.2) is 47.4 Å². The Morgan fingerprint density at radius 3 is 2.48 bits per heavy atom. The lowest BCUT2D eigenvalue weighted by molar-refractivity contribution is -0.116. The second-order valence-electron chi connectivity index (χ2n) is 6.70. The number of anilines is 2. The number of benzene rings is 2. The molecular weight excluding hydrogens is 392 g/mol. The van der Waals surface area contributed by atoms with Gasteiger partial charge in [-0.2, -0.15) is 0 Å². The van der Waals surface area contributed by atoms with Crippen LogP contribution in [0, 0.1) is 0 Å². The molecule has 0 spiro atoms. The minimum atomic E-state index is -3.94. The number of phenols is 1. The van der Waals surface area contributed by atoms with Crippen LogP contribution in [0.4, 0.5) is 11.4 Å². The first-order valence-electron chi connectivity index (χ1n) is 9.66. The summed E-state index contributed by atoms with van der Waals surface area (Å²) >= 11 is 0. The lowest BCUT2D eigenvalue weighted by atomic mass is 10.1. The quantitative estimate of drug-likeness (QED) is 0.367. The molecule has 0 aliphatic rings. The van der Waals surface area contributed by atoms with E-state index in [4.69, 9.17) is 4.74 Å². The van der Waals surface area contributed by atoms with Gasteiger partial charge < -0.3 is 15.2 Å². The van der Waals surface area contributed by atoms with Gasteiger partial charge in [0.05, 0.1) is 23.4 Å². The van der Waals surface area contributed by atoms with Crippen LogP contribution in [0.1, 0.15) is 45.4 Å². The minimum absolute atomic E-state index is 0.0615. The molecule has 3 N–H and O–H groups in total. The Morgan fingerprint density at radius 1 is 1.03 bits per heavy atom. The number of nitrogens with one attached hydrogen (secondary N) is 2. The zero-order chi connectivity index (χ0) is 21.3. The van der Waals surface area contributed by atoms with E-state index >= 15 is 0 Å². The SMILES string of the molecule is CCCCCCCC(=O)Nc1cc(S(=O)(=O)Nc2ccccc2OC)ccc1O. The third-order valence-corrected chi connectivity index (χ3v) is 5.77. The Bertz CT molecular complexity index is 928. The molecule has 0 aliphatic carbocycles. The van der Waals surface area contributed by atoms with Crippen LogP contribution in [0.2, 0.25) is 0 Å². The van der Waals surface area contributed by atoms with E-state index in [9.17, 15) is 18.3 Å². The number of aromatic hydroxyl groups is 1. The van der Waals surface area contributed by atoms with Crippen molar-refractivity contribution in [2.75, 3.05) is 17.1 Å². The lowest BCUT2D eigenvalue weighted by Crippen LogP contribution is -2.15. The third-order valence-electron chi connectivity index (χ3n) is 4.41. The van der Waals surface area contributed by atoms with Crippen molar-refractivity contribution in [1.29, 1.82) is 0 Å². The summed E-state index contributed by atoms with van der Waals surface area (Å²) in [5.74, 6) is -0.0731. The van der Waals surface area contributed by atoms with Gasteiger partial charge in [0.25, 0.3) is 10.0 Å². The standard InChI is InChI=1S/C21H28N2O5S/c1-3-4-5-6-7-12-21(25)22-18-15-16(13-14-19(18)24)29(26,27)23-17-10-8-9-11-20(17)28-2/h8-11,13-15,23-24H,3-7,12H2,1-2H3,(H,22,25). The second-order valence-corrected chi connectivity index (χ2v) is 8.38. The van der Waals surface area contributed by atoms with Crippen molar-refractivity contribution in [1.82, 2.24) is 0 Å². The number of carbonyl (C=O) groups excluding carboxylic acids is 1. The molecule has 2 rings (SSSR count). The van der Waals surface area contributed by atoms with Crippen molar-refractivity contribution in [3.8, 4) is 11.5 Å². The Morgan fingerprint density at radius 2 is 1.76 bits per heavy atom. The molecule has 158 valence electrons. The van der Waals surface area contributed by atoms with E-state index in [0.29, 0.717) is 17.9 Å². The number of hydrogen-bond donors (Lipinski definition) is 3. The van der Waals surface area contributed by atoms with Crippen LogP contribution >= 0.6 is 0 Å². The molecule has 0 aromatic heterocycles. The number of ether oxygens (including phenoxy) is 1. The van der Waals surface area contributed by atoms with Gasteiger partial charge in [-0.15, -0.1) is 0 Å². The predicted molar refractivity (Wildman–Crippen MR) is 114 cm³/mol. The van der Waals surface area contributed by atoms with Gasteiger partial charge in [0.1, 0.15) is 11.5 Å². The maximum absolute atomic E-state index is 12.7. The first-order chi connectivity index (χ1) is 13.9. The van der Waals surface area contributed by atoms with E-state index in [-0.39, 0.29) is 22.2 Å². The van der Waals surface area contributed by atoms with Gasteiger partial charge in [-0.05, 0) is 36.8 Å². The largest absolute Gasteiger partial charge is 0.506 e. The smallest absolute Gasteiger partial charge is 0.262 e. The van der Waals surface area contributed by atoms with Crippen molar-refractivity contribution < 1.29 is 23.1 Å². The molecule has 0 aliphatic heterocycles. The molecule has 0 fully saturated rings. The number of hydrogen-bond acceptors (Lipinski definition) is 5. The highest BCUT2D eigenvalue weighted by Crippen LogP contribution is 2.30. The van der Waals surface area contributed by atoms with Crippen LogP contribution in [-0.4, -0.2) is 26.5 Å². The van der Waals surface area contributed by atoms with E-state index in [1.807, 2.05) is 0 Å². The van der Waals surface area contributed by atoms with E-state index < -0.39 is 10.0 Å². The fourth-order valence-corrected chi connectivity index (χ4v) is 3.91. The lowest BCUT2D eigenvalue weighted by Gasteiger charge is -2.13. The van der Waals surface area contributed by atoms with Crippen molar-refractivity contribution in [2.24, 2.45) is 0 Å². The summed E-state index contributed by atoms with van der Waals surface area (Å²) < 4.78 is 33.1. The molecule has 2 aromatic carbocycles. The summed E-state index contributed by atoms with van der Waals surface area (Å²) in [6.45, 7) is 2.12. The highest BCUT2D eigenvalue weighted by atomic mass is 32.2. The molecule has 1 amide bonds. The normalized spacial score (nSPS) is 11.1. The van der Waals surface area contributed by atoms with E-state index in [2.05, 4.69) is 17.0 Å². The number of para-hydroxylation sites is 2. The van der Waals surface area contributed by atoms with E-state index in [1.165, 1.54) is 25.3 Å². The maximum atomic E-state index is 12.7. The molecule has 2 aromatic rings. The van der Waals surface area contributed by atoms with Crippen molar-refractivity contribution in [3.05, 3.63) is 42.5 Å². The first kappa shape index (κ1) is 22.5. The van der Waals surface area contributed by atoms with Gasteiger partial charge in [-0.25, -0.2) is 8.42 Å². The number of sulfonamides is 1. The van der Waals surface area contributed by atoms with Crippen LogP contribution in [0.5, 0.6) is 11.5 Å². The average Bonchev–Trinajstić information content (AvgIpc) is 2.69. The molecular formula is C21H28N2O5S. The summed E-state index contributed by atoms with van der Waals surface area (Å²) in [7, 11) is -2.49. The van der Waals surface area contributed by atoms with Crippen molar-refractivity contribution in [2.45, 2.75) is 50.3 Å². The van der Waals surface area contributed by atoms with Gasteiger partial charge in [0, 0.05) is 6.42 Å². The number of unbranched alkanes of at least 4 members (excludes halogenated alkanes) is 4. The molecule has 0 radical (unpaired) electrons. The minimum Gasteiger partial charge on any atom is -0.506 e. The van der Waals surface area contributed by atoms with E-state index in [0.717, 1.165) is 32.1 Å². The van der Waals surface area contributed by atoms with Crippen molar-refractivity contribution in [3.63, 3.8) is 0 Å². The van der Waals surface area contributed by atoms with Crippen LogP contribution in [0.3, 0.4) is 0 Å². The molecule has 7 nitrogen and oxygen atoms in total. The van der Waals surface area contributed by atoms with Gasteiger partial charge in [0.2, 0.25) is 5.91 Å². The molecule has 0 unspecified atom stereocenters. The predicted octanol–water partition coefficient (Wildman–Crippen LogP) is 4.50. The fraction of sp³-hybridized carbons (Fsp3) is 0.381. The highest BCUT2D eigenvalue weighted by Gasteiger charge is 2.19. The Hall–Kier alpha value is -2.74. The Kier molecular flexibility index (Phi) is 8.33.